The Morgan fingerprint density at radius 2 is 1.90 bits per heavy atom. The van der Waals surface area contributed by atoms with Gasteiger partial charge in [-0.2, -0.15) is 0 Å². The standard InChI is InChI=1S/C21H33BN2O7/c1-12(2)7-19(22(28)29)24-21(27)17(11-25)23-20(26)14-6-5-13-8-15(30-3)10-18(31-4)16(13)9-14/h8,10,12,14,17,19,25,28-29H,5-7,9,11H2,1-4H3,(H,23,26)(H,24,27)/t14?,17-,19-/m0/s1. The molecule has 0 heterocycles. The Kier molecular flexibility index (Phi) is 9.15. The molecule has 0 aliphatic heterocycles. The fourth-order valence-electron chi connectivity index (χ4n) is 3.86. The van der Waals surface area contributed by atoms with Crippen molar-refractivity contribution in [1.29, 1.82) is 0 Å². The number of carbonyl (C=O) groups is 2. The number of aliphatic hydroxyl groups excluding tert-OH is 1. The third-order valence-corrected chi connectivity index (χ3v) is 5.54. The van der Waals surface area contributed by atoms with Crippen LogP contribution in [0.15, 0.2) is 12.1 Å². The van der Waals surface area contributed by atoms with E-state index in [1.54, 1.807) is 20.3 Å². The molecule has 0 spiro atoms. The minimum atomic E-state index is -1.74. The van der Waals surface area contributed by atoms with Crippen molar-refractivity contribution in [2.24, 2.45) is 11.8 Å². The number of fused-ring (bicyclic) bond motifs is 1. The summed E-state index contributed by atoms with van der Waals surface area (Å²) in [6, 6.07) is 2.53. The second-order valence-corrected chi connectivity index (χ2v) is 8.31. The Bertz CT molecular complexity index is 755. The number of methoxy groups -OCH3 is 2. The molecule has 0 saturated heterocycles. The number of nitrogens with one attached hydrogen (secondary N) is 2. The summed E-state index contributed by atoms with van der Waals surface area (Å²) in [5.41, 5.74) is 1.99. The van der Waals surface area contributed by atoms with Gasteiger partial charge in [-0.25, -0.2) is 0 Å². The van der Waals surface area contributed by atoms with E-state index in [0.29, 0.717) is 37.2 Å². The van der Waals surface area contributed by atoms with Gasteiger partial charge < -0.3 is 35.3 Å². The van der Waals surface area contributed by atoms with Crippen molar-refractivity contribution in [3.8, 4) is 11.5 Å². The van der Waals surface area contributed by atoms with Gasteiger partial charge in [0.1, 0.15) is 17.5 Å². The maximum absolute atomic E-state index is 12.8. The fraction of sp³-hybridized carbons (Fsp3) is 0.619. The SMILES string of the molecule is COc1cc2c(c(OC)c1)CC(C(=O)N[C@@H](CO)C(=O)N[C@@H](CC(C)C)B(O)O)CC2. The third-order valence-electron chi connectivity index (χ3n) is 5.54. The number of amides is 2. The van der Waals surface area contributed by atoms with Gasteiger partial charge in [0.15, 0.2) is 0 Å². The van der Waals surface area contributed by atoms with Crippen LogP contribution in [0.3, 0.4) is 0 Å². The molecular weight excluding hydrogens is 403 g/mol. The first-order valence-corrected chi connectivity index (χ1v) is 10.5. The van der Waals surface area contributed by atoms with Gasteiger partial charge in [-0.05, 0) is 48.8 Å². The van der Waals surface area contributed by atoms with Crippen LogP contribution in [0.4, 0.5) is 0 Å². The first-order chi connectivity index (χ1) is 14.7. The number of rotatable bonds is 10. The van der Waals surface area contributed by atoms with Crippen LogP contribution in [0.1, 0.15) is 37.8 Å². The highest BCUT2D eigenvalue weighted by molar-refractivity contribution is 6.43. The van der Waals surface area contributed by atoms with Crippen LogP contribution in [-0.2, 0) is 22.4 Å². The van der Waals surface area contributed by atoms with Gasteiger partial charge in [-0.15, -0.1) is 0 Å². The molecule has 31 heavy (non-hydrogen) atoms. The zero-order valence-electron chi connectivity index (χ0n) is 18.6. The molecule has 1 aromatic rings. The van der Waals surface area contributed by atoms with E-state index in [2.05, 4.69) is 10.6 Å². The van der Waals surface area contributed by atoms with E-state index in [-0.39, 0.29) is 17.7 Å². The minimum Gasteiger partial charge on any atom is -0.497 e. The van der Waals surface area contributed by atoms with Crippen LogP contribution >= 0.6 is 0 Å². The van der Waals surface area contributed by atoms with Crippen LogP contribution in [0, 0.1) is 11.8 Å². The summed E-state index contributed by atoms with van der Waals surface area (Å²) in [6.45, 7) is 3.17. The minimum absolute atomic E-state index is 0.116. The summed E-state index contributed by atoms with van der Waals surface area (Å²) in [4.78, 5) is 25.4. The molecule has 0 bridgehead atoms. The molecule has 0 fully saturated rings. The molecule has 9 nitrogen and oxygen atoms in total. The summed E-state index contributed by atoms with van der Waals surface area (Å²) in [7, 11) is 1.41. The van der Waals surface area contributed by atoms with Crippen LogP contribution in [0.2, 0.25) is 0 Å². The quantitative estimate of drug-likeness (QED) is 0.321. The molecule has 0 aromatic heterocycles. The number of carbonyl (C=O) groups excluding carboxylic acids is 2. The zero-order valence-corrected chi connectivity index (χ0v) is 18.6. The molecule has 1 aliphatic carbocycles. The van der Waals surface area contributed by atoms with Crippen LogP contribution < -0.4 is 20.1 Å². The van der Waals surface area contributed by atoms with Crippen molar-refractivity contribution >= 4 is 18.9 Å². The molecule has 172 valence electrons. The van der Waals surface area contributed by atoms with Crippen molar-refractivity contribution in [1.82, 2.24) is 10.6 Å². The summed E-state index contributed by atoms with van der Waals surface area (Å²) in [6.07, 6.45) is 2.03. The van der Waals surface area contributed by atoms with E-state index in [9.17, 15) is 24.7 Å². The van der Waals surface area contributed by atoms with E-state index < -0.39 is 31.6 Å². The zero-order chi connectivity index (χ0) is 23.1. The summed E-state index contributed by atoms with van der Waals surface area (Å²) in [5.74, 6) is -0.818. The lowest BCUT2D eigenvalue weighted by Crippen LogP contribution is -2.56. The number of benzene rings is 1. The van der Waals surface area contributed by atoms with Crippen LogP contribution in [0.5, 0.6) is 11.5 Å². The number of aryl methyl sites for hydroxylation is 1. The maximum Gasteiger partial charge on any atom is 0.475 e. The number of hydrogen-bond donors (Lipinski definition) is 5. The van der Waals surface area contributed by atoms with Crippen molar-refractivity contribution in [2.45, 2.75) is 51.5 Å². The average molecular weight is 436 g/mol. The van der Waals surface area contributed by atoms with E-state index >= 15 is 0 Å². The normalized spacial score (nSPS) is 17.4. The van der Waals surface area contributed by atoms with Crippen molar-refractivity contribution in [2.75, 3.05) is 20.8 Å². The van der Waals surface area contributed by atoms with Crippen LogP contribution in [0.25, 0.3) is 0 Å². The van der Waals surface area contributed by atoms with Gasteiger partial charge in [0.05, 0.1) is 26.8 Å². The molecule has 10 heteroatoms. The monoisotopic (exact) mass is 436 g/mol. The smallest absolute Gasteiger partial charge is 0.475 e. The second-order valence-electron chi connectivity index (χ2n) is 8.31. The number of ether oxygens (including phenoxy) is 2. The number of aliphatic hydroxyl groups is 1. The Labute approximate surface area is 183 Å². The van der Waals surface area contributed by atoms with Crippen LogP contribution in [-0.4, -0.2) is 66.9 Å². The summed E-state index contributed by atoms with van der Waals surface area (Å²) < 4.78 is 10.8. The van der Waals surface area contributed by atoms with Crippen molar-refractivity contribution < 1.29 is 34.2 Å². The third kappa shape index (κ3) is 6.59. The van der Waals surface area contributed by atoms with Gasteiger partial charge in [-0.1, -0.05) is 13.8 Å². The largest absolute Gasteiger partial charge is 0.497 e. The highest BCUT2D eigenvalue weighted by atomic mass is 16.5. The molecule has 1 aromatic carbocycles. The van der Waals surface area contributed by atoms with Gasteiger partial charge in [0.25, 0.3) is 0 Å². The lowest BCUT2D eigenvalue weighted by atomic mass is 9.75. The lowest BCUT2D eigenvalue weighted by Gasteiger charge is -2.28. The van der Waals surface area contributed by atoms with Crippen molar-refractivity contribution in [3.63, 3.8) is 0 Å². The molecule has 1 aliphatic rings. The van der Waals surface area contributed by atoms with E-state index in [1.807, 2.05) is 19.9 Å². The Hall–Kier alpha value is -2.30. The summed E-state index contributed by atoms with van der Waals surface area (Å²) in [5, 5.41) is 33.7. The average Bonchev–Trinajstić information content (AvgIpc) is 2.74. The van der Waals surface area contributed by atoms with Gasteiger partial charge in [0, 0.05) is 12.0 Å². The highest BCUT2D eigenvalue weighted by Gasteiger charge is 2.32. The van der Waals surface area contributed by atoms with Gasteiger partial charge in [-0.3, -0.25) is 9.59 Å². The Morgan fingerprint density at radius 3 is 2.45 bits per heavy atom. The van der Waals surface area contributed by atoms with E-state index in [0.717, 1.165) is 11.1 Å². The molecule has 0 radical (unpaired) electrons. The van der Waals surface area contributed by atoms with Gasteiger partial charge >= 0.3 is 7.12 Å². The Morgan fingerprint density at radius 1 is 1.19 bits per heavy atom. The first kappa shape index (κ1) is 25.0. The van der Waals surface area contributed by atoms with E-state index in [1.165, 1.54) is 0 Å². The molecule has 1 unspecified atom stereocenters. The first-order valence-electron chi connectivity index (χ1n) is 10.5. The molecule has 2 rings (SSSR count). The second kappa shape index (κ2) is 11.4. The molecule has 2 amide bonds. The summed E-state index contributed by atoms with van der Waals surface area (Å²) >= 11 is 0. The molecule has 3 atom stereocenters. The molecule has 5 N–H and O–H groups in total. The lowest BCUT2D eigenvalue weighted by molar-refractivity contribution is -0.132. The topological polar surface area (TPSA) is 137 Å². The predicted octanol–water partition coefficient (Wildman–Crippen LogP) is -0.171. The Balaban J connectivity index is 2.05. The van der Waals surface area contributed by atoms with Crippen molar-refractivity contribution in [3.05, 3.63) is 23.3 Å². The molecule has 0 saturated carbocycles. The maximum atomic E-state index is 12.8. The fourth-order valence-corrected chi connectivity index (χ4v) is 3.86. The molecular formula is C21H33BN2O7. The highest BCUT2D eigenvalue weighted by Crippen LogP contribution is 2.36. The van der Waals surface area contributed by atoms with E-state index in [4.69, 9.17) is 9.47 Å². The number of hydrogen-bond acceptors (Lipinski definition) is 7. The predicted molar refractivity (Wildman–Crippen MR) is 116 cm³/mol. The van der Waals surface area contributed by atoms with Gasteiger partial charge in [0.2, 0.25) is 11.8 Å².